The topological polar surface area (TPSA) is 18.5 Å². The Kier molecular flexibility index (Phi) is 7.06. The molecule has 0 N–H and O–H groups in total. The standard InChI is InChI=1S/C23H22ClFO2/c1-2-3-4-5-18-15-26-23(27-16-18)13-8-17-6-9-19(10-7-17)20-11-12-21(24)22(25)14-20/h4-7,9-12,14,18,23H,2-3,15-16H2,1H3. The van der Waals surface area contributed by atoms with Crippen LogP contribution in [0, 0.1) is 23.6 Å². The average Bonchev–Trinajstić information content (AvgIpc) is 2.70. The summed E-state index contributed by atoms with van der Waals surface area (Å²) in [6.45, 7) is 3.41. The molecule has 2 aromatic rings. The second-order valence-electron chi connectivity index (χ2n) is 6.45. The third-order valence-electron chi connectivity index (χ3n) is 4.26. The lowest BCUT2D eigenvalue weighted by atomic mass is 10.0. The summed E-state index contributed by atoms with van der Waals surface area (Å²) in [7, 11) is 0. The van der Waals surface area contributed by atoms with E-state index >= 15 is 0 Å². The van der Waals surface area contributed by atoms with E-state index in [0.29, 0.717) is 19.1 Å². The number of ether oxygens (including phenoxy) is 2. The van der Waals surface area contributed by atoms with Crippen molar-refractivity contribution in [2.75, 3.05) is 13.2 Å². The Hall–Kier alpha value is -2.12. The molecule has 1 saturated heterocycles. The van der Waals surface area contributed by atoms with E-state index in [-0.39, 0.29) is 5.02 Å². The highest BCUT2D eigenvalue weighted by molar-refractivity contribution is 6.30. The molecule has 1 aliphatic rings. The molecule has 0 amide bonds. The number of hydrogen-bond donors (Lipinski definition) is 0. The fraction of sp³-hybridized carbons (Fsp3) is 0.304. The molecule has 4 heteroatoms. The maximum atomic E-state index is 13.6. The normalized spacial score (nSPS) is 19.7. The van der Waals surface area contributed by atoms with Crippen molar-refractivity contribution >= 4 is 11.6 Å². The summed E-state index contributed by atoms with van der Waals surface area (Å²) in [6.07, 6.45) is 6.07. The van der Waals surface area contributed by atoms with Crippen LogP contribution in [0.3, 0.4) is 0 Å². The molecule has 27 heavy (non-hydrogen) atoms. The molecule has 3 rings (SSSR count). The van der Waals surface area contributed by atoms with Gasteiger partial charge in [0, 0.05) is 11.5 Å². The number of unbranched alkanes of at least 4 members (excludes halogenated alkanes) is 1. The third kappa shape index (κ3) is 5.68. The number of rotatable bonds is 4. The summed E-state index contributed by atoms with van der Waals surface area (Å²) in [6, 6.07) is 12.4. The van der Waals surface area contributed by atoms with Crippen LogP contribution < -0.4 is 0 Å². The second-order valence-corrected chi connectivity index (χ2v) is 6.86. The first-order valence-electron chi connectivity index (χ1n) is 9.12. The second kappa shape index (κ2) is 9.71. The van der Waals surface area contributed by atoms with Crippen LogP contribution in [0.2, 0.25) is 5.02 Å². The molecule has 1 heterocycles. The molecule has 0 atom stereocenters. The van der Waals surface area contributed by atoms with Crippen molar-refractivity contribution in [1.29, 1.82) is 0 Å². The predicted octanol–water partition coefficient (Wildman–Crippen LogP) is 5.84. The summed E-state index contributed by atoms with van der Waals surface area (Å²) < 4.78 is 24.9. The van der Waals surface area contributed by atoms with E-state index in [4.69, 9.17) is 21.1 Å². The van der Waals surface area contributed by atoms with Crippen LogP contribution in [0.15, 0.2) is 54.6 Å². The van der Waals surface area contributed by atoms with Gasteiger partial charge in [0.25, 0.3) is 0 Å². The lowest BCUT2D eigenvalue weighted by Gasteiger charge is -2.24. The van der Waals surface area contributed by atoms with Crippen LogP contribution in [0.4, 0.5) is 4.39 Å². The monoisotopic (exact) mass is 384 g/mol. The highest BCUT2D eigenvalue weighted by Gasteiger charge is 2.18. The molecule has 1 fully saturated rings. The molecular weight excluding hydrogens is 363 g/mol. The van der Waals surface area contributed by atoms with Gasteiger partial charge in [-0.3, -0.25) is 0 Å². The molecule has 1 aliphatic heterocycles. The lowest BCUT2D eigenvalue weighted by Crippen LogP contribution is -2.30. The largest absolute Gasteiger partial charge is 0.341 e. The van der Waals surface area contributed by atoms with Gasteiger partial charge in [-0.15, -0.1) is 0 Å². The van der Waals surface area contributed by atoms with Crippen LogP contribution in [0.5, 0.6) is 0 Å². The molecule has 0 radical (unpaired) electrons. The maximum Gasteiger partial charge on any atom is 0.222 e. The summed E-state index contributed by atoms with van der Waals surface area (Å²) in [5, 5.41) is 0.122. The molecule has 0 unspecified atom stereocenters. The zero-order chi connectivity index (χ0) is 19.1. The molecular formula is C23H22ClFO2. The van der Waals surface area contributed by atoms with Gasteiger partial charge in [-0.1, -0.05) is 61.2 Å². The highest BCUT2D eigenvalue weighted by atomic mass is 35.5. The highest BCUT2D eigenvalue weighted by Crippen LogP contribution is 2.24. The summed E-state index contributed by atoms with van der Waals surface area (Å²) in [5.41, 5.74) is 2.53. The zero-order valence-corrected chi connectivity index (χ0v) is 16.0. The Morgan fingerprint density at radius 2 is 1.81 bits per heavy atom. The fourth-order valence-corrected chi connectivity index (χ4v) is 2.85. The minimum Gasteiger partial charge on any atom is -0.341 e. The van der Waals surface area contributed by atoms with Gasteiger partial charge in [0.1, 0.15) is 5.82 Å². The first kappa shape index (κ1) is 19.6. The number of benzene rings is 2. The van der Waals surface area contributed by atoms with Gasteiger partial charge in [-0.25, -0.2) is 4.39 Å². The maximum absolute atomic E-state index is 13.6. The van der Waals surface area contributed by atoms with Crippen LogP contribution in [-0.4, -0.2) is 19.5 Å². The summed E-state index contributed by atoms with van der Waals surface area (Å²) >= 11 is 5.73. The Balaban J connectivity index is 1.57. The number of halogens is 2. The van der Waals surface area contributed by atoms with Gasteiger partial charge in [-0.05, 0) is 47.7 Å². The van der Waals surface area contributed by atoms with E-state index in [1.165, 1.54) is 6.07 Å². The zero-order valence-electron chi connectivity index (χ0n) is 15.3. The van der Waals surface area contributed by atoms with E-state index in [0.717, 1.165) is 29.5 Å². The molecule has 0 aliphatic carbocycles. The quantitative estimate of drug-likeness (QED) is 0.486. The van der Waals surface area contributed by atoms with Gasteiger partial charge >= 0.3 is 0 Å². The number of allylic oxidation sites excluding steroid dienone is 1. The van der Waals surface area contributed by atoms with Crippen LogP contribution in [-0.2, 0) is 9.47 Å². The first-order chi connectivity index (χ1) is 13.2. The van der Waals surface area contributed by atoms with E-state index < -0.39 is 12.1 Å². The lowest BCUT2D eigenvalue weighted by molar-refractivity contribution is -0.160. The average molecular weight is 385 g/mol. The van der Waals surface area contributed by atoms with Crippen molar-refractivity contribution in [3.05, 3.63) is 71.0 Å². The van der Waals surface area contributed by atoms with Crippen LogP contribution >= 0.6 is 11.6 Å². The van der Waals surface area contributed by atoms with Crippen LogP contribution in [0.1, 0.15) is 25.3 Å². The molecule has 2 nitrogen and oxygen atoms in total. The molecule has 0 bridgehead atoms. The fourth-order valence-electron chi connectivity index (χ4n) is 2.73. The first-order valence-corrected chi connectivity index (χ1v) is 9.50. The Morgan fingerprint density at radius 3 is 2.48 bits per heavy atom. The van der Waals surface area contributed by atoms with Gasteiger partial charge in [0.15, 0.2) is 0 Å². The van der Waals surface area contributed by atoms with E-state index in [1.807, 2.05) is 24.3 Å². The third-order valence-corrected chi connectivity index (χ3v) is 4.57. The van der Waals surface area contributed by atoms with Gasteiger partial charge in [0.05, 0.1) is 18.2 Å². The number of hydrogen-bond acceptors (Lipinski definition) is 2. The molecule has 0 saturated carbocycles. The van der Waals surface area contributed by atoms with E-state index in [2.05, 4.69) is 30.9 Å². The van der Waals surface area contributed by atoms with Gasteiger partial charge < -0.3 is 9.47 Å². The van der Waals surface area contributed by atoms with E-state index in [1.54, 1.807) is 12.1 Å². The van der Waals surface area contributed by atoms with Crippen molar-refractivity contribution in [3.8, 4) is 23.0 Å². The molecule has 2 aromatic carbocycles. The molecule has 0 aromatic heterocycles. The van der Waals surface area contributed by atoms with Crippen LogP contribution in [0.25, 0.3) is 11.1 Å². The minimum atomic E-state index is -0.495. The molecule has 0 spiro atoms. The van der Waals surface area contributed by atoms with Crippen molar-refractivity contribution in [2.24, 2.45) is 5.92 Å². The molecule has 140 valence electrons. The van der Waals surface area contributed by atoms with Crippen molar-refractivity contribution in [1.82, 2.24) is 0 Å². The van der Waals surface area contributed by atoms with Crippen molar-refractivity contribution in [2.45, 2.75) is 26.1 Å². The van der Waals surface area contributed by atoms with Gasteiger partial charge in [0.2, 0.25) is 6.29 Å². The SMILES string of the molecule is CCCC=CC1COC(C#Cc2ccc(-c3ccc(Cl)c(F)c3)cc2)OC1. The Bertz CT molecular complexity index is 841. The van der Waals surface area contributed by atoms with Gasteiger partial charge in [-0.2, -0.15) is 0 Å². The minimum absolute atomic E-state index is 0.122. The summed E-state index contributed by atoms with van der Waals surface area (Å²) in [5.74, 6) is 5.95. The smallest absolute Gasteiger partial charge is 0.222 e. The van der Waals surface area contributed by atoms with E-state index in [9.17, 15) is 4.39 Å². The Morgan fingerprint density at radius 1 is 1.11 bits per heavy atom. The van der Waals surface area contributed by atoms with Crippen molar-refractivity contribution in [3.63, 3.8) is 0 Å². The predicted molar refractivity (Wildman–Crippen MR) is 107 cm³/mol. The Labute approximate surface area is 165 Å². The summed E-state index contributed by atoms with van der Waals surface area (Å²) in [4.78, 5) is 0. The van der Waals surface area contributed by atoms with Crippen molar-refractivity contribution < 1.29 is 13.9 Å².